The minimum Gasteiger partial charge on any atom is -0.444 e. The Balaban J connectivity index is 1.77. The van der Waals surface area contributed by atoms with Crippen LogP contribution in [-0.4, -0.2) is 19.3 Å². The van der Waals surface area contributed by atoms with Crippen LogP contribution in [0, 0.1) is 0 Å². The standard InChI is InChI=1S/C16H11Cl2N3O4S/c17-12-6-1-9(7-13(12)18)16-21-14(8-25-16)15(22)20-10-2-4-11(5-3-10)26(19,23)24/h1-8H,(H,20,22)(H2,19,23,24). The molecule has 0 saturated heterocycles. The Kier molecular flexibility index (Phi) is 5.01. The van der Waals surface area contributed by atoms with Crippen molar-refractivity contribution in [3.05, 3.63) is 64.5 Å². The zero-order valence-electron chi connectivity index (χ0n) is 12.9. The van der Waals surface area contributed by atoms with Gasteiger partial charge in [-0.25, -0.2) is 18.5 Å². The fourth-order valence-electron chi connectivity index (χ4n) is 2.06. The Morgan fingerprint density at radius 3 is 2.38 bits per heavy atom. The van der Waals surface area contributed by atoms with Gasteiger partial charge >= 0.3 is 0 Å². The number of primary sulfonamides is 1. The summed E-state index contributed by atoms with van der Waals surface area (Å²) in [5, 5.41) is 8.33. The van der Waals surface area contributed by atoms with Gasteiger partial charge in [-0.15, -0.1) is 0 Å². The van der Waals surface area contributed by atoms with Crippen LogP contribution in [0.1, 0.15) is 10.5 Å². The fraction of sp³-hybridized carbons (Fsp3) is 0. The van der Waals surface area contributed by atoms with Crippen LogP contribution in [0.25, 0.3) is 11.5 Å². The molecule has 26 heavy (non-hydrogen) atoms. The predicted molar refractivity (Wildman–Crippen MR) is 97.7 cm³/mol. The number of halogens is 2. The van der Waals surface area contributed by atoms with Gasteiger partial charge in [-0.2, -0.15) is 0 Å². The second-order valence-electron chi connectivity index (χ2n) is 5.19. The maximum Gasteiger partial charge on any atom is 0.277 e. The van der Waals surface area contributed by atoms with Crippen molar-refractivity contribution in [3.63, 3.8) is 0 Å². The molecule has 1 aromatic heterocycles. The Bertz CT molecular complexity index is 1080. The first kappa shape index (κ1) is 18.4. The van der Waals surface area contributed by atoms with Crippen LogP contribution < -0.4 is 10.5 Å². The van der Waals surface area contributed by atoms with Crippen molar-refractivity contribution in [2.45, 2.75) is 4.90 Å². The quantitative estimate of drug-likeness (QED) is 0.680. The van der Waals surface area contributed by atoms with Crippen LogP contribution in [0.4, 0.5) is 5.69 Å². The summed E-state index contributed by atoms with van der Waals surface area (Å²) in [5.41, 5.74) is 0.985. The molecule has 0 aliphatic heterocycles. The minimum atomic E-state index is -3.79. The largest absolute Gasteiger partial charge is 0.444 e. The molecule has 7 nitrogen and oxygen atoms in total. The van der Waals surface area contributed by atoms with Crippen molar-refractivity contribution < 1.29 is 17.6 Å². The molecule has 0 aliphatic carbocycles. The average molecular weight is 412 g/mol. The summed E-state index contributed by atoms with van der Waals surface area (Å²) in [7, 11) is -3.79. The van der Waals surface area contributed by atoms with Crippen molar-refractivity contribution >= 4 is 44.8 Å². The summed E-state index contributed by atoms with van der Waals surface area (Å²) in [5.74, 6) is -0.318. The van der Waals surface area contributed by atoms with E-state index in [2.05, 4.69) is 10.3 Å². The lowest BCUT2D eigenvalue weighted by Crippen LogP contribution is -2.14. The SMILES string of the molecule is NS(=O)(=O)c1ccc(NC(=O)c2coc(-c3ccc(Cl)c(Cl)c3)n2)cc1. The third kappa shape index (κ3) is 4.05. The van der Waals surface area contributed by atoms with E-state index in [9.17, 15) is 13.2 Å². The van der Waals surface area contributed by atoms with E-state index in [-0.39, 0.29) is 16.5 Å². The molecule has 0 radical (unpaired) electrons. The molecule has 3 aromatic rings. The molecule has 0 fully saturated rings. The van der Waals surface area contributed by atoms with Crippen molar-refractivity contribution in [2.75, 3.05) is 5.32 Å². The van der Waals surface area contributed by atoms with Gasteiger partial charge in [0.25, 0.3) is 5.91 Å². The van der Waals surface area contributed by atoms with E-state index in [0.29, 0.717) is 21.3 Å². The summed E-state index contributed by atoms with van der Waals surface area (Å²) in [6, 6.07) is 10.2. The summed E-state index contributed by atoms with van der Waals surface area (Å²) in [4.78, 5) is 16.3. The number of nitrogens with zero attached hydrogens (tertiary/aromatic N) is 1. The number of benzene rings is 2. The molecule has 0 atom stereocenters. The Morgan fingerprint density at radius 1 is 1.08 bits per heavy atom. The highest BCUT2D eigenvalue weighted by atomic mass is 35.5. The highest BCUT2D eigenvalue weighted by molar-refractivity contribution is 7.89. The Hall–Kier alpha value is -2.39. The number of nitrogens with one attached hydrogen (secondary N) is 1. The maximum atomic E-state index is 12.2. The van der Waals surface area contributed by atoms with Crippen LogP contribution in [0.5, 0.6) is 0 Å². The normalized spacial score (nSPS) is 11.3. The second-order valence-corrected chi connectivity index (χ2v) is 7.57. The second kappa shape index (κ2) is 7.08. The summed E-state index contributed by atoms with van der Waals surface area (Å²) in [6.07, 6.45) is 1.20. The topological polar surface area (TPSA) is 115 Å². The highest BCUT2D eigenvalue weighted by Gasteiger charge is 2.15. The van der Waals surface area contributed by atoms with Gasteiger partial charge in [-0.05, 0) is 42.5 Å². The van der Waals surface area contributed by atoms with E-state index in [1.54, 1.807) is 18.2 Å². The lowest BCUT2D eigenvalue weighted by molar-refractivity contribution is 0.102. The fourth-order valence-corrected chi connectivity index (χ4v) is 2.88. The molecule has 0 bridgehead atoms. The third-order valence-electron chi connectivity index (χ3n) is 3.34. The number of hydrogen-bond acceptors (Lipinski definition) is 5. The smallest absolute Gasteiger partial charge is 0.277 e. The van der Waals surface area contributed by atoms with Crippen molar-refractivity contribution in [3.8, 4) is 11.5 Å². The molecule has 0 saturated carbocycles. The molecule has 2 aromatic carbocycles. The molecule has 1 amide bonds. The van der Waals surface area contributed by atoms with Crippen LogP contribution in [0.3, 0.4) is 0 Å². The number of oxazole rings is 1. The number of hydrogen-bond donors (Lipinski definition) is 2. The number of carbonyl (C=O) groups is 1. The molecule has 10 heteroatoms. The molecule has 3 rings (SSSR count). The average Bonchev–Trinajstić information content (AvgIpc) is 3.07. The molecule has 0 aliphatic rings. The van der Waals surface area contributed by atoms with Gasteiger partial charge < -0.3 is 9.73 Å². The van der Waals surface area contributed by atoms with Gasteiger partial charge in [-0.1, -0.05) is 23.2 Å². The van der Waals surface area contributed by atoms with E-state index in [0.717, 1.165) is 0 Å². The first-order valence-electron chi connectivity index (χ1n) is 7.09. The van der Waals surface area contributed by atoms with Gasteiger partial charge in [-0.3, -0.25) is 4.79 Å². The van der Waals surface area contributed by atoms with Crippen molar-refractivity contribution in [1.82, 2.24) is 4.98 Å². The molecular formula is C16H11Cl2N3O4S. The molecule has 3 N–H and O–H groups in total. The molecule has 134 valence electrons. The lowest BCUT2D eigenvalue weighted by Gasteiger charge is -2.04. The molecule has 1 heterocycles. The summed E-state index contributed by atoms with van der Waals surface area (Å²) >= 11 is 11.8. The van der Waals surface area contributed by atoms with E-state index < -0.39 is 15.9 Å². The zero-order chi connectivity index (χ0) is 18.9. The number of sulfonamides is 1. The zero-order valence-corrected chi connectivity index (χ0v) is 15.3. The molecular weight excluding hydrogens is 401 g/mol. The summed E-state index contributed by atoms with van der Waals surface area (Å²) in [6.45, 7) is 0. The number of nitrogens with two attached hydrogens (primary N) is 1. The third-order valence-corrected chi connectivity index (χ3v) is 5.01. The predicted octanol–water partition coefficient (Wildman–Crippen LogP) is 3.55. The van der Waals surface area contributed by atoms with Gasteiger partial charge in [0.1, 0.15) is 6.26 Å². The summed E-state index contributed by atoms with van der Waals surface area (Å²) < 4.78 is 27.7. The van der Waals surface area contributed by atoms with Crippen LogP contribution in [-0.2, 0) is 10.0 Å². The lowest BCUT2D eigenvalue weighted by atomic mass is 10.2. The Morgan fingerprint density at radius 2 is 1.77 bits per heavy atom. The van der Waals surface area contributed by atoms with Crippen LogP contribution in [0.15, 0.2) is 58.0 Å². The van der Waals surface area contributed by atoms with E-state index in [4.69, 9.17) is 32.8 Å². The van der Waals surface area contributed by atoms with Crippen molar-refractivity contribution in [2.24, 2.45) is 5.14 Å². The van der Waals surface area contributed by atoms with E-state index in [1.165, 1.54) is 30.5 Å². The highest BCUT2D eigenvalue weighted by Crippen LogP contribution is 2.28. The van der Waals surface area contributed by atoms with Gasteiger partial charge in [0.2, 0.25) is 15.9 Å². The van der Waals surface area contributed by atoms with Gasteiger partial charge in [0, 0.05) is 11.3 Å². The minimum absolute atomic E-state index is 0.0431. The maximum absolute atomic E-state index is 12.2. The Labute approximate surface area is 158 Å². The van der Waals surface area contributed by atoms with E-state index >= 15 is 0 Å². The molecule has 0 unspecified atom stereocenters. The van der Waals surface area contributed by atoms with Gasteiger partial charge in [0.05, 0.1) is 14.9 Å². The number of aromatic nitrogens is 1. The van der Waals surface area contributed by atoms with Crippen LogP contribution >= 0.6 is 23.2 Å². The first-order valence-corrected chi connectivity index (χ1v) is 9.39. The van der Waals surface area contributed by atoms with Gasteiger partial charge in [0.15, 0.2) is 5.69 Å². The van der Waals surface area contributed by atoms with E-state index in [1.807, 2.05) is 0 Å². The number of anilines is 1. The number of amides is 1. The monoisotopic (exact) mass is 411 g/mol. The number of carbonyl (C=O) groups excluding carboxylic acids is 1. The van der Waals surface area contributed by atoms with Crippen molar-refractivity contribution in [1.29, 1.82) is 0 Å². The number of rotatable bonds is 4. The molecule has 0 spiro atoms. The first-order chi connectivity index (χ1) is 12.2. The van der Waals surface area contributed by atoms with Crippen LogP contribution in [0.2, 0.25) is 10.0 Å².